The van der Waals surface area contributed by atoms with E-state index in [9.17, 15) is 22.4 Å². The van der Waals surface area contributed by atoms with Gasteiger partial charge in [-0.3, -0.25) is 16.2 Å². The van der Waals surface area contributed by atoms with E-state index < -0.39 is 18.5 Å². The van der Waals surface area contributed by atoms with E-state index in [0.717, 1.165) is 10.4 Å². The summed E-state index contributed by atoms with van der Waals surface area (Å²) in [6.45, 7) is 4.80. The minimum Gasteiger partial charge on any atom is -0.541 e. The average Bonchev–Trinajstić information content (AvgIpc) is 3.26. The number of benzene rings is 1. The molecule has 3 rings (SSSR count). The molecule has 1 saturated heterocycles. The summed E-state index contributed by atoms with van der Waals surface area (Å²) in [5.74, 6) is 0.139. The molecule has 37 heavy (non-hydrogen) atoms. The van der Waals surface area contributed by atoms with Gasteiger partial charge < -0.3 is 9.53 Å². The van der Waals surface area contributed by atoms with Crippen LogP contribution in [-0.2, 0) is 32.4 Å². The number of aliphatic imine (C=N–C) groups is 1. The summed E-state index contributed by atoms with van der Waals surface area (Å²) < 4.78 is 56.7. The quantitative estimate of drug-likeness (QED) is 0.132. The summed E-state index contributed by atoms with van der Waals surface area (Å²) >= 11 is 1.34. The van der Waals surface area contributed by atoms with Crippen LogP contribution in [0, 0.1) is 16.7 Å². The fourth-order valence-electron chi connectivity index (χ4n) is 4.67. The van der Waals surface area contributed by atoms with Gasteiger partial charge in [0, 0.05) is 64.9 Å². The van der Waals surface area contributed by atoms with E-state index in [4.69, 9.17) is 4.74 Å². The van der Waals surface area contributed by atoms with Crippen molar-refractivity contribution in [3.05, 3.63) is 34.8 Å². The Morgan fingerprint density at radius 1 is 1.32 bits per heavy atom. The Balaban J connectivity index is 0.00000481. The Bertz CT molecular complexity index is 1060. The van der Waals surface area contributed by atoms with Gasteiger partial charge in [-0.15, -0.1) is 16.8 Å². The third kappa shape index (κ3) is 8.69. The van der Waals surface area contributed by atoms with Crippen molar-refractivity contribution >= 4 is 23.8 Å². The van der Waals surface area contributed by atoms with Crippen LogP contribution in [0.4, 0.5) is 17.6 Å². The molecule has 1 aromatic carbocycles. The van der Waals surface area contributed by atoms with Crippen molar-refractivity contribution in [3.63, 3.8) is 0 Å². The predicted molar refractivity (Wildman–Crippen MR) is 134 cm³/mol. The summed E-state index contributed by atoms with van der Waals surface area (Å²) in [5, 5.41) is 0.516. The number of ether oxygens (including phenoxy) is 1. The van der Waals surface area contributed by atoms with Gasteiger partial charge in [0.1, 0.15) is 10.8 Å². The first-order valence-electron chi connectivity index (χ1n) is 11.8. The van der Waals surface area contributed by atoms with E-state index in [2.05, 4.69) is 41.9 Å². The zero-order valence-electron chi connectivity index (χ0n) is 21.3. The summed E-state index contributed by atoms with van der Waals surface area (Å²) in [4.78, 5) is 23.5. The van der Waals surface area contributed by atoms with Gasteiger partial charge in [0.15, 0.2) is 0 Å². The Morgan fingerprint density at radius 2 is 2.05 bits per heavy atom. The molecule has 1 aliphatic rings. The number of nitrogens with zero attached hydrogens (tertiary/aromatic N) is 3. The van der Waals surface area contributed by atoms with Crippen LogP contribution in [0.15, 0.2) is 29.4 Å². The molecule has 0 bridgehead atoms. The SMILES string of the molecule is CN=Cc1ccc(OC(F)F)c(-c2ncc(CN3C[C@H](C(C)(C)C)C[C@]([C-]=O)(CCC(F)F)C3)s2)c1.[Mo]. The van der Waals surface area contributed by atoms with Crippen LogP contribution >= 0.6 is 11.3 Å². The van der Waals surface area contributed by atoms with E-state index in [1.807, 2.05) is 0 Å². The van der Waals surface area contributed by atoms with Gasteiger partial charge in [0.2, 0.25) is 6.43 Å². The van der Waals surface area contributed by atoms with Crippen molar-refractivity contribution in [3.8, 4) is 16.3 Å². The van der Waals surface area contributed by atoms with E-state index in [0.29, 0.717) is 36.6 Å². The number of thiazole rings is 1. The van der Waals surface area contributed by atoms with Crippen molar-refractivity contribution in [1.82, 2.24) is 9.88 Å². The van der Waals surface area contributed by atoms with Crippen LogP contribution in [-0.4, -0.2) is 55.6 Å². The molecule has 2 atom stereocenters. The van der Waals surface area contributed by atoms with Crippen molar-refractivity contribution < 1.29 is 48.2 Å². The summed E-state index contributed by atoms with van der Waals surface area (Å²) in [7, 11) is 1.62. The number of piperidine rings is 1. The van der Waals surface area contributed by atoms with Crippen LogP contribution < -0.4 is 4.74 Å². The van der Waals surface area contributed by atoms with Crippen LogP contribution in [0.1, 0.15) is 50.5 Å². The molecule has 0 saturated carbocycles. The number of hydrogen-bond donors (Lipinski definition) is 0. The minimum absolute atomic E-state index is 0. The van der Waals surface area contributed by atoms with Gasteiger partial charge in [0.25, 0.3) is 0 Å². The summed E-state index contributed by atoms with van der Waals surface area (Å²) in [5.41, 5.74) is 0.0855. The molecular weight excluding hydrogens is 590 g/mol. The Kier molecular flexibility index (Phi) is 11.5. The maximum Gasteiger partial charge on any atom is 0.387 e. The van der Waals surface area contributed by atoms with Crippen molar-refractivity contribution in [2.24, 2.45) is 21.7 Å². The second-order valence-electron chi connectivity index (χ2n) is 10.4. The van der Waals surface area contributed by atoms with Crippen LogP contribution in [0.2, 0.25) is 0 Å². The van der Waals surface area contributed by atoms with E-state index >= 15 is 0 Å². The molecule has 1 aliphatic heterocycles. The number of likely N-dealkylation sites (tertiary alicyclic amines) is 1. The smallest absolute Gasteiger partial charge is 0.387 e. The normalized spacial score (nSPS) is 21.0. The zero-order valence-corrected chi connectivity index (χ0v) is 24.2. The Hall–Kier alpha value is -1.64. The molecule has 11 heteroatoms. The van der Waals surface area contributed by atoms with Gasteiger partial charge in [-0.1, -0.05) is 33.6 Å². The molecule has 0 unspecified atom stereocenters. The third-order valence-electron chi connectivity index (χ3n) is 6.59. The molecule has 2 aromatic rings. The molecule has 204 valence electrons. The Labute approximate surface area is 234 Å². The third-order valence-corrected chi connectivity index (χ3v) is 7.60. The first kappa shape index (κ1) is 31.6. The largest absolute Gasteiger partial charge is 0.541 e. The molecule has 0 amide bonds. The summed E-state index contributed by atoms with van der Waals surface area (Å²) in [6.07, 6.45) is 3.22. The Morgan fingerprint density at radius 3 is 2.65 bits per heavy atom. The maximum absolute atomic E-state index is 13.0. The molecule has 0 aliphatic carbocycles. The number of alkyl halides is 4. The molecule has 0 radical (unpaired) electrons. The average molecular weight is 623 g/mol. The molecule has 0 spiro atoms. The molecular formula is C26H32F4MoN3O2S-. The monoisotopic (exact) mass is 624 g/mol. The van der Waals surface area contributed by atoms with Crippen molar-refractivity contribution in [1.29, 1.82) is 0 Å². The number of halogens is 4. The fourth-order valence-corrected chi connectivity index (χ4v) is 5.64. The van der Waals surface area contributed by atoms with E-state index in [1.54, 1.807) is 31.6 Å². The number of hydrogen-bond acceptors (Lipinski definition) is 6. The molecule has 1 fully saturated rings. The molecule has 2 heterocycles. The van der Waals surface area contributed by atoms with Gasteiger partial charge in [-0.05, 0) is 41.6 Å². The minimum atomic E-state index is -2.97. The zero-order chi connectivity index (χ0) is 26.5. The van der Waals surface area contributed by atoms with Gasteiger partial charge in [-0.25, -0.2) is 13.8 Å². The van der Waals surface area contributed by atoms with E-state index in [1.165, 1.54) is 17.4 Å². The van der Waals surface area contributed by atoms with Crippen LogP contribution in [0.5, 0.6) is 5.75 Å². The van der Waals surface area contributed by atoms with Crippen LogP contribution in [0.25, 0.3) is 10.6 Å². The van der Waals surface area contributed by atoms with Crippen molar-refractivity contribution in [2.45, 2.75) is 59.6 Å². The fraction of sp³-hybridized carbons (Fsp3) is 0.577. The van der Waals surface area contributed by atoms with Gasteiger partial charge in [-0.2, -0.15) is 8.78 Å². The number of carbonyl (C=O) groups excluding carboxylic acids is 1. The number of rotatable bonds is 10. The van der Waals surface area contributed by atoms with Gasteiger partial charge in [0.05, 0.1) is 5.56 Å². The molecule has 5 nitrogen and oxygen atoms in total. The first-order valence-corrected chi connectivity index (χ1v) is 12.6. The second kappa shape index (κ2) is 13.4. The standard InChI is InChI=1S/C26H32F4N3O2S.Mo/c1-25(2,3)18-10-26(16-34,8-7-22(27)28)15-33(13-18)14-19-12-32-23(36-19)20-9-17(11-31-4)5-6-21(20)35-24(29)30;/h5-6,9,11-12,18,22,24H,7-8,10,13-15H2,1-4H3;/q-1;/t18-,26-;/m1./s1. The molecule has 0 N–H and O–H groups in total. The van der Waals surface area contributed by atoms with E-state index in [-0.39, 0.29) is 51.0 Å². The topological polar surface area (TPSA) is 54.8 Å². The summed E-state index contributed by atoms with van der Waals surface area (Å²) in [6, 6.07) is 4.80. The maximum atomic E-state index is 13.0. The predicted octanol–water partition coefficient (Wildman–Crippen LogP) is 6.47. The number of aromatic nitrogens is 1. The second-order valence-corrected chi connectivity index (χ2v) is 11.5. The van der Waals surface area contributed by atoms with Crippen LogP contribution in [0.3, 0.4) is 0 Å². The van der Waals surface area contributed by atoms with Crippen molar-refractivity contribution in [2.75, 3.05) is 20.1 Å². The molecule has 1 aromatic heterocycles. The first-order chi connectivity index (χ1) is 16.9. The van der Waals surface area contributed by atoms with Gasteiger partial charge >= 0.3 is 6.61 Å².